The number of alkyl halides is 1. The van der Waals surface area contributed by atoms with Crippen LogP contribution in [0.25, 0.3) is 5.65 Å². The van der Waals surface area contributed by atoms with Gasteiger partial charge in [-0.25, -0.2) is 14.2 Å². The molecule has 176 valence electrons. The summed E-state index contributed by atoms with van der Waals surface area (Å²) in [6.45, 7) is 1.07. The Morgan fingerprint density at radius 3 is 2.91 bits per heavy atom. The van der Waals surface area contributed by atoms with E-state index >= 15 is 0 Å². The van der Waals surface area contributed by atoms with Crippen molar-refractivity contribution in [2.24, 2.45) is 0 Å². The summed E-state index contributed by atoms with van der Waals surface area (Å²) in [4.78, 5) is 23.7. The average Bonchev–Trinajstić information content (AvgIpc) is 3.29. The van der Waals surface area contributed by atoms with Gasteiger partial charge in [0.2, 0.25) is 0 Å². The first kappa shape index (κ1) is 22.8. The number of nitrogens with zero attached hydrogens (tertiary/aromatic N) is 5. The fourth-order valence-electron chi connectivity index (χ4n) is 4.39. The van der Waals surface area contributed by atoms with Gasteiger partial charge >= 0.3 is 6.03 Å². The molecule has 3 aromatic heterocycles. The van der Waals surface area contributed by atoms with E-state index in [1.54, 1.807) is 46.1 Å². The molecular weight excluding hydrogens is 444 g/mol. The minimum atomic E-state index is -0.634. The molecule has 0 spiro atoms. The number of para-hydroxylation sites is 1. The van der Waals surface area contributed by atoms with Crippen LogP contribution in [0.2, 0.25) is 0 Å². The molecule has 35 heavy (non-hydrogen) atoms. The van der Waals surface area contributed by atoms with Crippen LogP contribution in [0.5, 0.6) is 0 Å². The topological polar surface area (TPSA) is 87.5 Å². The number of hydrogen-bond acceptors (Lipinski definition) is 5. The first-order valence-corrected chi connectivity index (χ1v) is 11.6. The molecule has 4 aromatic rings. The van der Waals surface area contributed by atoms with Crippen LogP contribution in [0.1, 0.15) is 35.6 Å². The van der Waals surface area contributed by atoms with E-state index in [9.17, 15) is 9.18 Å². The lowest BCUT2D eigenvalue weighted by atomic mass is 9.94. The van der Waals surface area contributed by atoms with Crippen molar-refractivity contribution in [3.8, 4) is 0 Å². The maximum absolute atomic E-state index is 13.3. The monoisotopic (exact) mass is 469 g/mol. The minimum Gasteiger partial charge on any atom is -0.366 e. The summed E-state index contributed by atoms with van der Waals surface area (Å²) >= 11 is 0. The highest BCUT2D eigenvalue weighted by atomic mass is 19.1. The van der Waals surface area contributed by atoms with E-state index in [4.69, 9.17) is 12.8 Å². The highest BCUT2D eigenvalue weighted by Gasteiger charge is 2.27. The standard InChI is InChI=1S/C25H25BFN7O/c26-20-15-30-34-23(29-14-17-5-3-9-28-13-17)11-22(31-24(20)34)19-7-4-10-33(16-19)25(35)32-21-8-2-1-6-18(21)12-27/h1-3,5-6,8-9,11,13,15,19,29H,4,7,10,12,14,16H2,(H,32,35). The zero-order valence-corrected chi connectivity index (χ0v) is 19.2. The summed E-state index contributed by atoms with van der Waals surface area (Å²) < 4.78 is 15.0. The number of urea groups is 1. The van der Waals surface area contributed by atoms with Crippen LogP contribution >= 0.6 is 0 Å². The Hall–Kier alpha value is -3.95. The van der Waals surface area contributed by atoms with Gasteiger partial charge in [0.15, 0.2) is 5.65 Å². The van der Waals surface area contributed by atoms with Crippen LogP contribution in [0, 0.1) is 0 Å². The molecule has 4 heterocycles. The number of nitrogens with one attached hydrogen (secondary N) is 2. The van der Waals surface area contributed by atoms with Gasteiger partial charge in [-0.2, -0.15) is 9.61 Å². The number of aromatic nitrogens is 4. The molecule has 10 heteroatoms. The Morgan fingerprint density at radius 1 is 1.20 bits per heavy atom. The van der Waals surface area contributed by atoms with Crippen molar-refractivity contribution in [2.45, 2.75) is 32.0 Å². The molecular formula is C25H25BFN7O. The zero-order valence-electron chi connectivity index (χ0n) is 19.2. The van der Waals surface area contributed by atoms with Gasteiger partial charge in [0.05, 0.1) is 5.69 Å². The maximum Gasteiger partial charge on any atom is 0.321 e. The number of hydrogen-bond donors (Lipinski definition) is 2. The number of carbonyl (C=O) groups excluding carboxylic acids is 1. The summed E-state index contributed by atoms with van der Waals surface area (Å²) in [5.74, 6) is 0.799. The maximum atomic E-state index is 13.3. The van der Waals surface area contributed by atoms with E-state index in [0.717, 1.165) is 29.9 Å². The number of piperidine rings is 1. The summed E-state index contributed by atoms with van der Waals surface area (Å²) in [5.41, 5.74) is 3.91. The Morgan fingerprint density at radius 2 is 2.09 bits per heavy atom. The molecule has 1 aromatic carbocycles. The van der Waals surface area contributed by atoms with Crippen molar-refractivity contribution in [1.82, 2.24) is 24.5 Å². The van der Waals surface area contributed by atoms with Crippen LogP contribution < -0.4 is 16.1 Å². The molecule has 0 bridgehead atoms. The molecule has 0 saturated carbocycles. The van der Waals surface area contributed by atoms with Gasteiger partial charge in [0.1, 0.15) is 20.3 Å². The molecule has 2 radical (unpaired) electrons. The highest BCUT2D eigenvalue weighted by Crippen LogP contribution is 2.28. The summed E-state index contributed by atoms with van der Waals surface area (Å²) in [6, 6.07) is 12.5. The van der Waals surface area contributed by atoms with E-state index in [-0.39, 0.29) is 11.9 Å². The molecule has 5 rings (SSSR count). The summed E-state index contributed by atoms with van der Waals surface area (Å²) in [6.07, 6.45) is 6.86. The van der Waals surface area contributed by atoms with Gasteiger partial charge in [-0.15, -0.1) is 0 Å². The molecule has 1 aliphatic rings. The molecule has 8 nitrogen and oxygen atoms in total. The molecule has 2 N–H and O–H groups in total. The Bertz CT molecular complexity index is 1330. The molecule has 1 atom stereocenters. The number of anilines is 2. The highest BCUT2D eigenvalue weighted by molar-refractivity contribution is 6.36. The number of amides is 2. The summed E-state index contributed by atoms with van der Waals surface area (Å²) in [7, 11) is 6.15. The van der Waals surface area contributed by atoms with Gasteiger partial charge < -0.3 is 15.5 Å². The normalized spacial score (nSPS) is 15.8. The van der Waals surface area contributed by atoms with E-state index in [2.05, 4.69) is 20.7 Å². The lowest BCUT2D eigenvalue weighted by Gasteiger charge is -2.33. The van der Waals surface area contributed by atoms with Crippen LogP contribution in [0.4, 0.5) is 20.7 Å². The third-order valence-electron chi connectivity index (χ3n) is 6.25. The number of pyridine rings is 1. The van der Waals surface area contributed by atoms with E-state index in [1.807, 2.05) is 24.4 Å². The van der Waals surface area contributed by atoms with Gasteiger partial charge in [0.25, 0.3) is 0 Å². The SMILES string of the molecule is [B]c1cnn2c(NCc3cccnc3)cc(C3CCCN(C(=O)Nc4ccccc4CF)C3)nc12. The second-order valence-electron chi connectivity index (χ2n) is 8.62. The predicted molar refractivity (Wildman–Crippen MR) is 134 cm³/mol. The van der Waals surface area contributed by atoms with Crippen LogP contribution in [0.15, 0.2) is 61.1 Å². The van der Waals surface area contributed by atoms with Crippen molar-refractivity contribution in [2.75, 3.05) is 23.7 Å². The third kappa shape index (κ3) is 4.96. The van der Waals surface area contributed by atoms with Gasteiger partial charge in [-0.3, -0.25) is 4.98 Å². The number of likely N-dealkylation sites (tertiary alicyclic amines) is 1. The summed E-state index contributed by atoms with van der Waals surface area (Å²) in [5, 5.41) is 10.6. The second-order valence-corrected chi connectivity index (χ2v) is 8.62. The minimum absolute atomic E-state index is 0.0316. The van der Waals surface area contributed by atoms with Crippen LogP contribution in [0.3, 0.4) is 0 Å². The Labute approximate surface area is 204 Å². The van der Waals surface area contributed by atoms with Gasteiger partial charge in [0, 0.05) is 61.5 Å². The largest absolute Gasteiger partial charge is 0.366 e. The molecule has 1 fully saturated rings. The molecule has 0 aliphatic carbocycles. The van der Waals surface area contributed by atoms with Crippen molar-refractivity contribution < 1.29 is 9.18 Å². The van der Waals surface area contributed by atoms with Crippen molar-refractivity contribution >= 4 is 36.5 Å². The molecule has 1 saturated heterocycles. The number of halogens is 1. The number of rotatable bonds is 6. The fraction of sp³-hybridized carbons (Fsp3) is 0.280. The number of fused-ring (bicyclic) bond motifs is 1. The Kier molecular flexibility index (Phi) is 6.60. The first-order chi connectivity index (χ1) is 17.1. The predicted octanol–water partition coefficient (Wildman–Crippen LogP) is 3.41. The van der Waals surface area contributed by atoms with Crippen molar-refractivity contribution in [1.29, 1.82) is 0 Å². The van der Waals surface area contributed by atoms with E-state index in [1.165, 1.54) is 0 Å². The molecule has 2 amide bonds. The van der Waals surface area contributed by atoms with E-state index < -0.39 is 6.67 Å². The first-order valence-electron chi connectivity index (χ1n) is 11.6. The van der Waals surface area contributed by atoms with Gasteiger partial charge in [-0.1, -0.05) is 24.3 Å². The third-order valence-corrected chi connectivity index (χ3v) is 6.25. The van der Waals surface area contributed by atoms with E-state index in [0.29, 0.717) is 42.0 Å². The fourth-order valence-corrected chi connectivity index (χ4v) is 4.39. The molecule has 1 aliphatic heterocycles. The quantitative estimate of drug-likeness (QED) is 0.423. The van der Waals surface area contributed by atoms with Crippen LogP contribution in [-0.4, -0.2) is 51.4 Å². The van der Waals surface area contributed by atoms with Crippen molar-refractivity contribution in [3.63, 3.8) is 0 Å². The second kappa shape index (κ2) is 10.1. The zero-order chi connectivity index (χ0) is 24.2. The van der Waals surface area contributed by atoms with Gasteiger partial charge in [-0.05, 0) is 36.0 Å². The number of carbonyl (C=O) groups is 1. The number of benzene rings is 1. The lowest BCUT2D eigenvalue weighted by Crippen LogP contribution is -2.42. The van der Waals surface area contributed by atoms with Crippen LogP contribution in [-0.2, 0) is 13.2 Å². The lowest BCUT2D eigenvalue weighted by molar-refractivity contribution is 0.192. The molecule has 1 unspecified atom stereocenters. The Balaban J connectivity index is 1.36. The smallest absolute Gasteiger partial charge is 0.321 e. The van der Waals surface area contributed by atoms with Crippen molar-refractivity contribution in [3.05, 3.63) is 77.9 Å². The average molecular weight is 469 g/mol.